The van der Waals surface area contributed by atoms with Gasteiger partial charge >= 0.3 is 8.25 Å². The van der Waals surface area contributed by atoms with E-state index in [-0.39, 0.29) is 40.4 Å². The fourth-order valence-electron chi connectivity index (χ4n) is 5.99. The fourth-order valence-corrected chi connectivity index (χ4v) is 9.96. The van der Waals surface area contributed by atoms with E-state index >= 15 is 8.78 Å². The molecular formula is C21H22F2N10O7P2S. The predicted molar refractivity (Wildman–Crippen MR) is 146 cm³/mol. The molecule has 4 aromatic heterocycles. The van der Waals surface area contributed by atoms with E-state index in [2.05, 4.69) is 42.2 Å². The van der Waals surface area contributed by atoms with E-state index in [9.17, 15) is 9.13 Å². The summed E-state index contributed by atoms with van der Waals surface area (Å²) in [6.45, 7) is -4.72. The van der Waals surface area contributed by atoms with Crippen LogP contribution in [-0.4, -0.2) is 87.6 Å². The summed E-state index contributed by atoms with van der Waals surface area (Å²) < 4.78 is 90.9. The molecular weight excluding hydrogens is 636 g/mol. The molecule has 3 saturated heterocycles. The summed E-state index contributed by atoms with van der Waals surface area (Å²) in [6.07, 6.45) is -6.02. The van der Waals surface area contributed by atoms with Crippen molar-refractivity contribution < 1.29 is 41.0 Å². The van der Waals surface area contributed by atoms with Gasteiger partial charge in [-0.05, 0) is 6.42 Å². The highest BCUT2D eigenvalue weighted by Crippen LogP contribution is 2.75. The Morgan fingerprint density at radius 1 is 0.977 bits per heavy atom. The predicted octanol–water partition coefficient (Wildman–Crippen LogP) is 1.76. The number of nitrogens with zero attached hydrogens (tertiary/aromatic N) is 8. The van der Waals surface area contributed by atoms with Gasteiger partial charge in [-0.15, -0.1) is 0 Å². The Morgan fingerprint density at radius 2 is 1.60 bits per heavy atom. The standard InChI is InChI=1S/C21H22F2N10O7P2S/c22-9-7-2-36-41(34)39-13-14(23)21(38-20(13)33-6-31-11-16(25)27-4-29-18(11)33)1-8(21)42(35,43)40-12(9)19(37-7)32-5-30-10-15(24)26-3-28-17(10)32/h3-9,12-14,19-20,41H,1-2H2,(H,35,43)(H2,24,26,28)(H2,25,27,29)/t7-,8+,9-,12-,13-,14+,19-,20-,21?,42+/m1/s1. The molecule has 4 fully saturated rings. The maximum absolute atomic E-state index is 16.3. The zero-order chi connectivity index (χ0) is 29.8. The van der Waals surface area contributed by atoms with Gasteiger partial charge in [0.05, 0.1) is 24.9 Å². The number of ether oxygens (including phenoxy) is 2. The molecule has 7 heterocycles. The van der Waals surface area contributed by atoms with E-state index in [0.29, 0.717) is 0 Å². The lowest BCUT2D eigenvalue weighted by Gasteiger charge is -2.25. The molecule has 43 heavy (non-hydrogen) atoms. The zero-order valence-electron chi connectivity index (χ0n) is 21.6. The minimum Gasteiger partial charge on any atom is -0.382 e. The van der Waals surface area contributed by atoms with E-state index in [1.807, 2.05) is 0 Å². The molecule has 0 radical (unpaired) electrons. The first-order valence-electron chi connectivity index (χ1n) is 12.9. The van der Waals surface area contributed by atoms with Crippen molar-refractivity contribution in [3.05, 3.63) is 25.3 Å². The summed E-state index contributed by atoms with van der Waals surface area (Å²) in [6, 6.07) is 0. The van der Waals surface area contributed by atoms with Crippen LogP contribution in [0.4, 0.5) is 20.4 Å². The Bertz CT molecular complexity index is 1850. The van der Waals surface area contributed by atoms with Crippen LogP contribution in [-0.2, 0) is 32.2 Å². The van der Waals surface area contributed by atoms with Gasteiger partial charge in [0.2, 0.25) is 0 Å². The molecule has 1 aliphatic carbocycles. The third kappa shape index (κ3) is 4.08. The summed E-state index contributed by atoms with van der Waals surface area (Å²) >= 11 is 4.32. The highest BCUT2D eigenvalue weighted by atomic mass is 32.7. The first-order chi connectivity index (χ1) is 20.6. The monoisotopic (exact) mass is 658 g/mol. The van der Waals surface area contributed by atoms with Crippen molar-refractivity contribution >= 4 is 61.0 Å². The van der Waals surface area contributed by atoms with E-state index in [1.165, 1.54) is 34.4 Å². The molecule has 228 valence electrons. The van der Waals surface area contributed by atoms with E-state index in [1.54, 1.807) is 0 Å². The summed E-state index contributed by atoms with van der Waals surface area (Å²) in [5.74, 6) is 0.151. The first-order valence-corrected chi connectivity index (χ1v) is 17.0. The van der Waals surface area contributed by atoms with Crippen molar-refractivity contribution in [1.29, 1.82) is 0 Å². The number of halogens is 2. The third-order valence-electron chi connectivity index (χ3n) is 8.14. The fraction of sp³-hybridized carbons (Fsp3) is 0.524. The van der Waals surface area contributed by atoms with Crippen LogP contribution in [0.15, 0.2) is 25.3 Å². The van der Waals surface area contributed by atoms with Gasteiger partial charge in [-0.1, -0.05) is 12.2 Å². The normalized spacial score (nSPS) is 41.0. The van der Waals surface area contributed by atoms with Crippen molar-refractivity contribution in [1.82, 2.24) is 39.0 Å². The van der Waals surface area contributed by atoms with Crippen molar-refractivity contribution in [3.8, 4) is 0 Å². The number of hydrogen-bond donors (Lipinski definition) is 3. The second-order valence-corrected chi connectivity index (χ2v) is 15.2. The SMILES string of the molecule is Nc1ncnc2c1ncn2[C@@H]1O[C@@H]2CO[PH](=O)O[C@H]3[C@H](n4cnc5c(N)ncnc54)OC4(C[C@@H]4[P@@](=O)(S)O[C@@H]1[C@@H]2F)[C@H]3F. The number of nitrogen functional groups attached to an aromatic ring is 2. The molecule has 2 unspecified atom stereocenters. The molecule has 4 N–H and O–H groups in total. The van der Waals surface area contributed by atoms with Gasteiger partial charge in [0.25, 0.3) is 6.57 Å². The number of aromatic nitrogens is 8. The maximum atomic E-state index is 16.3. The van der Waals surface area contributed by atoms with E-state index in [0.717, 1.165) is 0 Å². The van der Waals surface area contributed by atoms with Crippen molar-refractivity contribution in [2.75, 3.05) is 18.1 Å². The summed E-state index contributed by atoms with van der Waals surface area (Å²) in [7, 11) is -3.47. The molecule has 4 aliphatic rings. The van der Waals surface area contributed by atoms with E-state index < -0.39 is 75.8 Å². The van der Waals surface area contributed by atoms with Gasteiger partial charge < -0.3 is 30.0 Å². The molecule has 17 nitrogen and oxygen atoms in total. The molecule has 8 rings (SSSR count). The summed E-state index contributed by atoms with van der Waals surface area (Å²) in [4.78, 5) is 24.5. The number of alkyl halides is 2. The minimum absolute atomic E-state index is 0.0740. The molecule has 0 aromatic carbocycles. The molecule has 3 aliphatic heterocycles. The van der Waals surface area contributed by atoms with Gasteiger partial charge in [-0.25, -0.2) is 38.7 Å². The van der Waals surface area contributed by atoms with Crippen molar-refractivity contribution in [2.24, 2.45) is 0 Å². The molecule has 4 bridgehead atoms. The summed E-state index contributed by atoms with van der Waals surface area (Å²) in [5, 5.41) is 0. The van der Waals surface area contributed by atoms with Gasteiger partial charge in [-0.2, -0.15) is 0 Å². The molecule has 0 amide bonds. The summed E-state index contributed by atoms with van der Waals surface area (Å²) in [5.41, 5.74) is 9.77. The Labute approximate surface area is 245 Å². The van der Waals surface area contributed by atoms with Crippen molar-refractivity contribution in [2.45, 2.75) is 60.8 Å². The zero-order valence-corrected chi connectivity index (χ0v) is 24.4. The van der Waals surface area contributed by atoms with Crippen LogP contribution in [0.25, 0.3) is 22.3 Å². The highest BCUT2D eigenvalue weighted by Gasteiger charge is 2.76. The Kier molecular flexibility index (Phi) is 6.17. The Hall–Kier alpha value is -2.83. The molecule has 22 heteroatoms. The highest BCUT2D eigenvalue weighted by molar-refractivity contribution is 8.46. The number of thiol groups is 1. The lowest BCUT2D eigenvalue weighted by Crippen LogP contribution is -2.33. The van der Waals surface area contributed by atoms with Gasteiger partial charge in [0, 0.05) is 0 Å². The van der Waals surface area contributed by atoms with Gasteiger partial charge in [0.1, 0.15) is 47.6 Å². The van der Waals surface area contributed by atoms with Crippen LogP contribution in [0.2, 0.25) is 0 Å². The number of imidazole rings is 2. The molecule has 4 aromatic rings. The Morgan fingerprint density at radius 3 is 2.26 bits per heavy atom. The first kappa shape index (κ1) is 27.7. The number of hydrogen-bond acceptors (Lipinski definition) is 15. The van der Waals surface area contributed by atoms with Crippen LogP contribution in [0.5, 0.6) is 0 Å². The quantitative estimate of drug-likeness (QED) is 0.206. The Balaban J connectivity index is 1.17. The smallest absolute Gasteiger partial charge is 0.319 e. The lowest BCUT2D eigenvalue weighted by molar-refractivity contribution is -0.0470. The largest absolute Gasteiger partial charge is 0.382 e. The van der Waals surface area contributed by atoms with Crippen LogP contribution in [0, 0.1) is 0 Å². The number of anilines is 2. The topological polar surface area (TPSA) is 220 Å². The van der Waals surface area contributed by atoms with E-state index in [4.69, 9.17) is 34.5 Å². The number of nitrogens with two attached hydrogens (primary N) is 2. The molecule has 1 spiro atoms. The average Bonchev–Trinajstić information content (AvgIpc) is 3.24. The number of rotatable bonds is 2. The van der Waals surface area contributed by atoms with Crippen LogP contribution in [0.1, 0.15) is 18.9 Å². The third-order valence-corrected chi connectivity index (χ3v) is 12.1. The maximum Gasteiger partial charge on any atom is 0.319 e. The molecule has 11 atom stereocenters. The second-order valence-electron chi connectivity index (χ2n) is 10.5. The van der Waals surface area contributed by atoms with Gasteiger partial charge in [-0.3, -0.25) is 22.8 Å². The van der Waals surface area contributed by atoms with Crippen LogP contribution < -0.4 is 11.5 Å². The minimum atomic E-state index is -4.15. The van der Waals surface area contributed by atoms with Gasteiger partial charge in [0.15, 0.2) is 47.7 Å². The van der Waals surface area contributed by atoms with Crippen molar-refractivity contribution in [3.63, 3.8) is 0 Å². The lowest BCUT2D eigenvalue weighted by atomic mass is 10.1. The number of fused-ring (bicyclic) bond motifs is 5. The van der Waals surface area contributed by atoms with Crippen LogP contribution >= 0.6 is 27.1 Å². The van der Waals surface area contributed by atoms with Crippen LogP contribution in [0.3, 0.4) is 0 Å². The molecule has 1 saturated carbocycles. The second kappa shape index (κ2) is 9.58. The average molecular weight is 658 g/mol.